The summed E-state index contributed by atoms with van der Waals surface area (Å²) in [6, 6.07) is 0.421. The minimum atomic E-state index is 0.110. The van der Waals surface area contributed by atoms with Crippen molar-refractivity contribution in [1.29, 1.82) is 0 Å². The van der Waals surface area contributed by atoms with E-state index in [2.05, 4.69) is 0 Å². The molecule has 1 saturated carbocycles. The first-order valence-corrected chi connectivity index (χ1v) is 5.55. The molecule has 1 aliphatic heterocycles. The molecule has 0 saturated heterocycles. The van der Waals surface area contributed by atoms with Gasteiger partial charge in [-0.3, -0.25) is 4.79 Å². The average Bonchev–Trinajstić information content (AvgIpc) is 2.14. The maximum atomic E-state index is 11.5. The summed E-state index contributed by atoms with van der Waals surface area (Å²) in [5.74, 6) is 0.611. The van der Waals surface area contributed by atoms with E-state index in [9.17, 15) is 4.79 Å². The van der Waals surface area contributed by atoms with Gasteiger partial charge in [-0.2, -0.15) is 0 Å². The van der Waals surface area contributed by atoms with Gasteiger partial charge in [-0.1, -0.05) is 0 Å². The van der Waals surface area contributed by atoms with Crippen molar-refractivity contribution in [3.63, 3.8) is 0 Å². The summed E-state index contributed by atoms with van der Waals surface area (Å²) in [5, 5.41) is 0. The Balaban J connectivity index is 1.97. The topological polar surface area (TPSA) is 29.5 Å². The number of ketones is 1. The van der Waals surface area contributed by atoms with Crippen LogP contribution in [0.5, 0.6) is 0 Å². The molecule has 0 amide bonds. The highest BCUT2D eigenvalue weighted by Crippen LogP contribution is 2.26. The SMILES string of the molecule is O=C1CCN(CCl)C=C1OC1CCC1. The molecule has 2 rings (SSSR count). The number of hydrogen-bond donors (Lipinski definition) is 0. The lowest BCUT2D eigenvalue weighted by molar-refractivity contribution is -0.122. The summed E-state index contributed by atoms with van der Waals surface area (Å²) < 4.78 is 5.58. The highest BCUT2D eigenvalue weighted by Gasteiger charge is 2.25. The first-order valence-electron chi connectivity index (χ1n) is 5.01. The molecule has 0 aromatic heterocycles. The molecule has 0 N–H and O–H groups in total. The van der Waals surface area contributed by atoms with E-state index in [1.54, 1.807) is 6.20 Å². The Morgan fingerprint density at radius 3 is 2.93 bits per heavy atom. The van der Waals surface area contributed by atoms with Gasteiger partial charge < -0.3 is 9.64 Å². The number of carbonyl (C=O) groups excluding carboxylic acids is 1. The number of rotatable bonds is 3. The molecule has 4 heteroatoms. The minimum absolute atomic E-state index is 0.110. The lowest BCUT2D eigenvalue weighted by Crippen LogP contribution is -2.31. The van der Waals surface area contributed by atoms with Gasteiger partial charge in [-0.05, 0) is 19.3 Å². The van der Waals surface area contributed by atoms with E-state index in [4.69, 9.17) is 16.3 Å². The van der Waals surface area contributed by atoms with E-state index in [0.29, 0.717) is 24.7 Å². The number of hydrogen-bond acceptors (Lipinski definition) is 3. The molecule has 0 atom stereocenters. The highest BCUT2D eigenvalue weighted by molar-refractivity contribution is 6.17. The maximum Gasteiger partial charge on any atom is 0.200 e. The number of halogens is 1. The van der Waals surface area contributed by atoms with Gasteiger partial charge in [0.05, 0.1) is 12.1 Å². The van der Waals surface area contributed by atoms with Gasteiger partial charge in [0.25, 0.3) is 0 Å². The Hall–Kier alpha value is -0.700. The third-order valence-electron chi connectivity index (χ3n) is 2.70. The second kappa shape index (κ2) is 4.22. The van der Waals surface area contributed by atoms with Gasteiger partial charge in [-0.25, -0.2) is 0 Å². The summed E-state index contributed by atoms with van der Waals surface area (Å²) >= 11 is 5.69. The summed E-state index contributed by atoms with van der Waals surface area (Å²) in [6.45, 7) is 0.708. The molecule has 0 bridgehead atoms. The molecule has 0 spiro atoms. The van der Waals surface area contributed by atoms with Crippen molar-refractivity contribution in [2.45, 2.75) is 31.8 Å². The monoisotopic (exact) mass is 215 g/mol. The van der Waals surface area contributed by atoms with Gasteiger partial charge in [-0.15, -0.1) is 11.6 Å². The van der Waals surface area contributed by atoms with Crippen LogP contribution < -0.4 is 0 Å². The molecule has 0 aromatic rings. The fourth-order valence-electron chi connectivity index (χ4n) is 1.53. The van der Waals surface area contributed by atoms with Crippen LogP contribution in [0.15, 0.2) is 12.0 Å². The second-order valence-corrected chi connectivity index (χ2v) is 4.01. The van der Waals surface area contributed by atoms with Gasteiger partial charge >= 0.3 is 0 Å². The molecule has 0 radical (unpaired) electrons. The molecule has 14 heavy (non-hydrogen) atoms. The Kier molecular flexibility index (Phi) is 2.96. The zero-order valence-electron chi connectivity index (χ0n) is 8.04. The molecular weight excluding hydrogens is 202 g/mol. The third kappa shape index (κ3) is 2.03. The number of alkyl halides is 1. The van der Waals surface area contributed by atoms with Crippen LogP contribution in [-0.2, 0) is 9.53 Å². The van der Waals surface area contributed by atoms with Gasteiger partial charge in [0, 0.05) is 19.2 Å². The van der Waals surface area contributed by atoms with E-state index in [-0.39, 0.29) is 11.9 Å². The van der Waals surface area contributed by atoms with Crippen molar-refractivity contribution < 1.29 is 9.53 Å². The standard InChI is InChI=1S/C10H14ClNO2/c11-7-12-5-4-9(13)10(6-12)14-8-2-1-3-8/h6,8H,1-5,7H2. The molecular formula is C10H14ClNO2. The van der Waals surface area contributed by atoms with Crippen LogP contribution in [0.1, 0.15) is 25.7 Å². The van der Waals surface area contributed by atoms with Gasteiger partial charge in [0.15, 0.2) is 5.76 Å². The minimum Gasteiger partial charge on any atom is -0.485 e. The number of Topliss-reactive ketones (excluding diaryl/α,β-unsaturated/α-hetero) is 1. The predicted molar refractivity (Wildman–Crippen MR) is 53.9 cm³/mol. The number of carbonyl (C=O) groups is 1. The summed E-state index contributed by atoms with van der Waals surface area (Å²) in [6.07, 6.45) is 5.89. The largest absolute Gasteiger partial charge is 0.485 e. The zero-order valence-corrected chi connectivity index (χ0v) is 8.79. The fourth-order valence-corrected chi connectivity index (χ4v) is 1.72. The van der Waals surface area contributed by atoms with E-state index >= 15 is 0 Å². The average molecular weight is 216 g/mol. The van der Waals surface area contributed by atoms with Crippen LogP contribution in [0, 0.1) is 0 Å². The highest BCUT2D eigenvalue weighted by atomic mass is 35.5. The quantitative estimate of drug-likeness (QED) is 0.532. The van der Waals surface area contributed by atoms with Crippen molar-refractivity contribution in [2.24, 2.45) is 0 Å². The Morgan fingerprint density at radius 1 is 1.57 bits per heavy atom. The number of nitrogens with zero attached hydrogens (tertiary/aromatic N) is 1. The van der Waals surface area contributed by atoms with E-state index in [1.807, 2.05) is 4.90 Å². The van der Waals surface area contributed by atoms with E-state index in [1.165, 1.54) is 6.42 Å². The van der Waals surface area contributed by atoms with Crippen molar-refractivity contribution in [1.82, 2.24) is 4.90 Å². The Morgan fingerprint density at radius 2 is 2.36 bits per heavy atom. The van der Waals surface area contributed by atoms with Crippen molar-refractivity contribution >= 4 is 17.4 Å². The van der Waals surface area contributed by atoms with Crippen molar-refractivity contribution in [2.75, 3.05) is 12.5 Å². The molecule has 1 aliphatic carbocycles. The first-order chi connectivity index (χ1) is 6.79. The molecule has 78 valence electrons. The maximum absolute atomic E-state index is 11.5. The molecule has 2 aliphatic rings. The van der Waals surface area contributed by atoms with E-state index in [0.717, 1.165) is 12.8 Å². The normalized spacial score (nSPS) is 23.1. The summed E-state index contributed by atoms with van der Waals surface area (Å²) in [7, 11) is 0. The van der Waals surface area contributed by atoms with Gasteiger partial charge in [0.1, 0.15) is 0 Å². The first kappa shape index (κ1) is 9.84. The molecule has 1 heterocycles. The second-order valence-electron chi connectivity index (χ2n) is 3.77. The van der Waals surface area contributed by atoms with Crippen LogP contribution in [0.3, 0.4) is 0 Å². The third-order valence-corrected chi connectivity index (χ3v) is 3.01. The Bertz CT molecular complexity index is 261. The summed E-state index contributed by atoms with van der Waals surface area (Å²) in [5.41, 5.74) is 0. The molecule has 0 unspecified atom stereocenters. The molecule has 0 aromatic carbocycles. The number of ether oxygens (including phenoxy) is 1. The molecule has 1 fully saturated rings. The van der Waals surface area contributed by atoms with Crippen LogP contribution in [0.2, 0.25) is 0 Å². The summed E-state index contributed by atoms with van der Waals surface area (Å²) in [4.78, 5) is 13.4. The van der Waals surface area contributed by atoms with Gasteiger partial charge in [0.2, 0.25) is 5.78 Å². The van der Waals surface area contributed by atoms with Crippen LogP contribution in [0.25, 0.3) is 0 Å². The molecule has 3 nitrogen and oxygen atoms in total. The lowest BCUT2D eigenvalue weighted by atomic mass is 9.96. The van der Waals surface area contributed by atoms with Crippen molar-refractivity contribution in [3.05, 3.63) is 12.0 Å². The van der Waals surface area contributed by atoms with Crippen molar-refractivity contribution in [3.8, 4) is 0 Å². The fraction of sp³-hybridized carbons (Fsp3) is 0.700. The van der Waals surface area contributed by atoms with Crippen LogP contribution >= 0.6 is 11.6 Å². The zero-order chi connectivity index (χ0) is 9.97. The number of allylic oxidation sites excluding steroid dienone is 1. The van der Waals surface area contributed by atoms with E-state index < -0.39 is 0 Å². The van der Waals surface area contributed by atoms with Crippen LogP contribution in [-0.4, -0.2) is 29.3 Å². The van der Waals surface area contributed by atoms with Crippen LogP contribution in [0.4, 0.5) is 0 Å². The Labute approximate surface area is 88.7 Å². The predicted octanol–water partition coefficient (Wildman–Crippen LogP) is 1.87. The lowest BCUT2D eigenvalue weighted by Gasteiger charge is -2.30. The smallest absolute Gasteiger partial charge is 0.200 e.